The molecule has 1 aromatic carbocycles. The normalized spacial score (nSPS) is 22.2. The van der Waals surface area contributed by atoms with Crippen LogP contribution in [0.4, 0.5) is 4.39 Å². The second kappa shape index (κ2) is 8.38. The third-order valence-electron chi connectivity index (χ3n) is 4.42. The van der Waals surface area contributed by atoms with Gasteiger partial charge < -0.3 is 10.1 Å². The predicted octanol–water partition coefficient (Wildman–Crippen LogP) is 4.67. The second-order valence-corrected chi connectivity index (χ2v) is 6.11. The maximum absolute atomic E-state index is 14.1. The summed E-state index contributed by atoms with van der Waals surface area (Å²) in [4.78, 5) is 0. The second-order valence-electron chi connectivity index (χ2n) is 6.11. The van der Waals surface area contributed by atoms with Gasteiger partial charge in [0.25, 0.3) is 0 Å². The lowest BCUT2D eigenvalue weighted by atomic mass is 9.86. The first-order valence-electron chi connectivity index (χ1n) is 8.38. The molecule has 0 aromatic heterocycles. The minimum absolute atomic E-state index is 0.186. The molecule has 1 aliphatic rings. The molecule has 1 saturated carbocycles. The summed E-state index contributed by atoms with van der Waals surface area (Å²) in [6.07, 6.45) is 7.05. The zero-order valence-corrected chi connectivity index (χ0v) is 13.3. The van der Waals surface area contributed by atoms with E-state index in [-0.39, 0.29) is 11.9 Å². The molecule has 0 aliphatic heterocycles. The molecule has 3 heteroatoms. The largest absolute Gasteiger partial charge is 0.487 e. The van der Waals surface area contributed by atoms with Crippen LogP contribution in [-0.4, -0.2) is 12.6 Å². The van der Waals surface area contributed by atoms with Gasteiger partial charge in [0.2, 0.25) is 0 Å². The minimum atomic E-state index is -0.233. The quantitative estimate of drug-likeness (QED) is 0.737. The molecule has 2 nitrogen and oxygen atoms in total. The summed E-state index contributed by atoms with van der Waals surface area (Å²) in [5.74, 6) is 1.01. The van der Waals surface area contributed by atoms with Crippen LogP contribution in [0.25, 0.3) is 0 Å². The Kier molecular flexibility index (Phi) is 6.50. The first-order valence-corrected chi connectivity index (χ1v) is 8.38. The van der Waals surface area contributed by atoms with E-state index in [1.807, 2.05) is 6.07 Å². The Morgan fingerprint density at radius 3 is 2.57 bits per heavy atom. The fraction of sp³-hybridized carbons (Fsp3) is 0.667. The van der Waals surface area contributed by atoms with Crippen molar-refractivity contribution in [3.05, 3.63) is 29.6 Å². The van der Waals surface area contributed by atoms with E-state index in [1.54, 1.807) is 12.1 Å². The van der Waals surface area contributed by atoms with Crippen molar-refractivity contribution in [2.24, 2.45) is 5.92 Å². The Hall–Kier alpha value is -1.09. The molecule has 1 fully saturated rings. The Morgan fingerprint density at radius 2 is 1.95 bits per heavy atom. The molecular weight excluding hydrogens is 265 g/mol. The van der Waals surface area contributed by atoms with Crippen molar-refractivity contribution in [2.75, 3.05) is 6.54 Å². The van der Waals surface area contributed by atoms with E-state index in [4.69, 9.17) is 4.74 Å². The molecular formula is C18H28FNO. The lowest BCUT2D eigenvalue weighted by molar-refractivity contribution is 0.125. The predicted molar refractivity (Wildman–Crippen MR) is 85.1 cm³/mol. The first-order chi connectivity index (χ1) is 10.2. The van der Waals surface area contributed by atoms with Gasteiger partial charge in [-0.05, 0) is 62.3 Å². The van der Waals surface area contributed by atoms with Crippen LogP contribution in [0.1, 0.15) is 57.9 Å². The molecule has 0 saturated heterocycles. The van der Waals surface area contributed by atoms with E-state index < -0.39 is 0 Å². The molecule has 0 atom stereocenters. The van der Waals surface area contributed by atoms with Gasteiger partial charge in [-0.2, -0.15) is 0 Å². The van der Waals surface area contributed by atoms with Crippen molar-refractivity contribution in [1.82, 2.24) is 5.32 Å². The SMILES string of the molecule is CCCNCc1ccc(OC2CCC(CC)CC2)c(F)c1. The van der Waals surface area contributed by atoms with Crippen molar-refractivity contribution in [3.63, 3.8) is 0 Å². The van der Waals surface area contributed by atoms with Crippen molar-refractivity contribution in [1.29, 1.82) is 0 Å². The zero-order valence-electron chi connectivity index (χ0n) is 13.3. The average molecular weight is 293 g/mol. The summed E-state index contributed by atoms with van der Waals surface area (Å²) >= 11 is 0. The maximum Gasteiger partial charge on any atom is 0.165 e. The third-order valence-corrected chi connectivity index (χ3v) is 4.42. The highest BCUT2D eigenvalue weighted by Gasteiger charge is 2.22. The molecule has 1 aliphatic carbocycles. The van der Waals surface area contributed by atoms with Gasteiger partial charge >= 0.3 is 0 Å². The molecule has 118 valence electrons. The zero-order chi connectivity index (χ0) is 15.1. The van der Waals surface area contributed by atoms with Crippen molar-refractivity contribution in [3.8, 4) is 5.75 Å². The smallest absolute Gasteiger partial charge is 0.165 e. The third kappa shape index (κ3) is 4.99. The molecule has 0 bridgehead atoms. The molecule has 0 heterocycles. The van der Waals surface area contributed by atoms with Crippen LogP contribution in [0.5, 0.6) is 5.75 Å². The first kappa shape index (κ1) is 16.3. The summed E-state index contributed by atoms with van der Waals surface area (Å²) in [7, 11) is 0. The molecule has 0 unspecified atom stereocenters. The molecule has 0 radical (unpaired) electrons. The highest BCUT2D eigenvalue weighted by molar-refractivity contribution is 5.29. The standard InChI is InChI=1S/C18H28FNO/c1-3-11-20-13-15-7-10-18(17(19)12-15)21-16-8-5-14(4-2)6-9-16/h7,10,12,14,16,20H,3-6,8-9,11,13H2,1-2H3. The Balaban J connectivity index is 1.86. The van der Waals surface area contributed by atoms with Crippen LogP contribution in [0.15, 0.2) is 18.2 Å². The number of nitrogens with one attached hydrogen (secondary N) is 1. The number of ether oxygens (including phenoxy) is 1. The molecule has 1 N–H and O–H groups in total. The van der Waals surface area contributed by atoms with E-state index in [0.717, 1.165) is 37.3 Å². The topological polar surface area (TPSA) is 21.3 Å². The van der Waals surface area contributed by atoms with E-state index in [1.165, 1.54) is 19.3 Å². The van der Waals surface area contributed by atoms with Crippen LogP contribution < -0.4 is 10.1 Å². The van der Waals surface area contributed by atoms with Gasteiger partial charge in [0.05, 0.1) is 6.10 Å². The summed E-state index contributed by atoms with van der Waals surface area (Å²) in [5, 5.41) is 3.28. The van der Waals surface area contributed by atoms with E-state index in [9.17, 15) is 4.39 Å². The fourth-order valence-electron chi connectivity index (χ4n) is 3.00. The molecule has 21 heavy (non-hydrogen) atoms. The van der Waals surface area contributed by atoms with Gasteiger partial charge in [-0.3, -0.25) is 0 Å². The average Bonchev–Trinajstić information content (AvgIpc) is 2.51. The van der Waals surface area contributed by atoms with Crippen molar-refractivity contribution >= 4 is 0 Å². The van der Waals surface area contributed by atoms with Gasteiger partial charge in [-0.25, -0.2) is 4.39 Å². The lowest BCUT2D eigenvalue weighted by Crippen LogP contribution is -2.24. The van der Waals surface area contributed by atoms with Crippen molar-refractivity contribution < 1.29 is 9.13 Å². The summed E-state index contributed by atoms with van der Waals surface area (Å²) in [5.41, 5.74) is 0.975. The maximum atomic E-state index is 14.1. The number of hydrogen-bond donors (Lipinski definition) is 1. The Bertz CT molecular complexity index is 427. The minimum Gasteiger partial charge on any atom is -0.487 e. The number of rotatable bonds is 7. The van der Waals surface area contributed by atoms with Crippen LogP contribution in [0.3, 0.4) is 0 Å². The number of benzene rings is 1. The fourth-order valence-corrected chi connectivity index (χ4v) is 3.00. The lowest BCUT2D eigenvalue weighted by Gasteiger charge is -2.28. The van der Waals surface area contributed by atoms with Gasteiger partial charge in [0, 0.05) is 6.54 Å². The summed E-state index contributed by atoms with van der Waals surface area (Å²) < 4.78 is 20.0. The highest BCUT2D eigenvalue weighted by Crippen LogP contribution is 2.30. The number of hydrogen-bond acceptors (Lipinski definition) is 2. The highest BCUT2D eigenvalue weighted by atomic mass is 19.1. The molecule has 0 spiro atoms. The number of halogens is 1. The molecule has 0 amide bonds. The van der Waals surface area contributed by atoms with E-state index in [2.05, 4.69) is 19.2 Å². The Morgan fingerprint density at radius 1 is 1.19 bits per heavy atom. The van der Waals surface area contributed by atoms with Gasteiger partial charge in [-0.1, -0.05) is 26.3 Å². The van der Waals surface area contributed by atoms with Crippen LogP contribution in [0.2, 0.25) is 0 Å². The van der Waals surface area contributed by atoms with Crippen LogP contribution >= 0.6 is 0 Å². The molecule has 1 aromatic rings. The molecule has 2 rings (SSSR count). The summed E-state index contributed by atoms with van der Waals surface area (Å²) in [6.45, 7) is 6.04. The van der Waals surface area contributed by atoms with Crippen molar-refractivity contribution in [2.45, 2.75) is 65.0 Å². The van der Waals surface area contributed by atoms with Crippen LogP contribution in [-0.2, 0) is 6.54 Å². The van der Waals surface area contributed by atoms with E-state index in [0.29, 0.717) is 12.3 Å². The van der Waals surface area contributed by atoms with Crippen LogP contribution in [0, 0.1) is 11.7 Å². The van der Waals surface area contributed by atoms with Gasteiger partial charge in [0.15, 0.2) is 11.6 Å². The Labute approximate surface area is 128 Å². The monoisotopic (exact) mass is 293 g/mol. The summed E-state index contributed by atoms with van der Waals surface area (Å²) in [6, 6.07) is 5.33. The van der Waals surface area contributed by atoms with Gasteiger partial charge in [0.1, 0.15) is 0 Å². The van der Waals surface area contributed by atoms with Gasteiger partial charge in [-0.15, -0.1) is 0 Å². The van der Waals surface area contributed by atoms with E-state index >= 15 is 0 Å².